The number of fused-ring (bicyclic) bond motifs is 1. The fraction of sp³-hybridized carbons (Fsp3) is 0.200. The van der Waals surface area contributed by atoms with Crippen molar-refractivity contribution in [1.29, 1.82) is 5.26 Å². The summed E-state index contributed by atoms with van der Waals surface area (Å²) in [5, 5.41) is 8.84. The third-order valence-corrected chi connectivity index (χ3v) is 3.39. The molecular formula is C15H12FN3. The molecule has 19 heavy (non-hydrogen) atoms. The molecule has 1 unspecified atom stereocenters. The average Bonchev–Trinajstić information content (AvgIpc) is 2.74. The quantitative estimate of drug-likeness (QED) is 0.730. The molecular weight excluding hydrogens is 241 g/mol. The molecule has 0 fully saturated rings. The minimum Gasteiger partial charge on any atom is -0.336 e. The zero-order valence-electron chi connectivity index (χ0n) is 10.5. The number of aromatic nitrogens is 2. The molecule has 1 atom stereocenters. The van der Waals surface area contributed by atoms with Crippen LogP contribution in [0.1, 0.15) is 18.2 Å². The lowest BCUT2D eigenvalue weighted by Crippen LogP contribution is -2.09. The molecule has 0 radical (unpaired) electrons. The highest BCUT2D eigenvalue weighted by atomic mass is 19.1. The molecule has 1 aliphatic carbocycles. The molecule has 0 spiro atoms. The zero-order chi connectivity index (χ0) is 13.4. The van der Waals surface area contributed by atoms with Crippen LogP contribution in [0.2, 0.25) is 0 Å². The van der Waals surface area contributed by atoms with Crippen LogP contribution in [0.25, 0.3) is 11.0 Å². The van der Waals surface area contributed by atoms with Gasteiger partial charge in [-0.1, -0.05) is 12.2 Å². The van der Waals surface area contributed by atoms with E-state index in [0.717, 1.165) is 17.6 Å². The molecule has 4 heteroatoms. The van der Waals surface area contributed by atoms with E-state index in [-0.39, 0.29) is 6.04 Å². The molecule has 94 valence electrons. The van der Waals surface area contributed by atoms with Gasteiger partial charge in [0.05, 0.1) is 23.1 Å². The van der Waals surface area contributed by atoms with E-state index in [2.05, 4.69) is 15.6 Å². The van der Waals surface area contributed by atoms with Crippen molar-refractivity contribution in [2.75, 3.05) is 0 Å². The van der Waals surface area contributed by atoms with E-state index in [0.29, 0.717) is 11.1 Å². The maximum atomic E-state index is 13.1. The van der Waals surface area contributed by atoms with E-state index in [4.69, 9.17) is 5.26 Å². The van der Waals surface area contributed by atoms with Crippen LogP contribution >= 0.6 is 0 Å². The Bertz CT molecular complexity index is 747. The van der Waals surface area contributed by atoms with Crippen molar-refractivity contribution in [1.82, 2.24) is 9.55 Å². The SMILES string of the molecule is Cc1cc2nc(F)ccc2n1C1C=CC(C#N)=CC1. The van der Waals surface area contributed by atoms with Gasteiger partial charge < -0.3 is 4.57 Å². The summed E-state index contributed by atoms with van der Waals surface area (Å²) in [4.78, 5) is 3.90. The molecule has 0 aromatic carbocycles. The first kappa shape index (κ1) is 11.7. The van der Waals surface area contributed by atoms with Gasteiger partial charge in [0, 0.05) is 11.3 Å². The third kappa shape index (κ3) is 1.93. The molecule has 3 rings (SSSR count). The first-order valence-electron chi connectivity index (χ1n) is 6.11. The van der Waals surface area contributed by atoms with Crippen LogP contribution < -0.4 is 0 Å². The number of hydrogen-bond donors (Lipinski definition) is 0. The Morgan fingerprint density at radius 2 is 2.32 bits per heavy atom. The molecule has 0 bridgehead atoms. The highest BCUT2D eigenvalue weighted by Crippen LogP contribution is 2.28. The van der Waals surface area contributed by atoms with Gasteiger partial charge in [0.1, 0.15) is 0 Å². The minimum atomic E-state index is -0.463. The summed E-state index contributed by atoms with van der Waals surface area (Å²) < 4.78 is 15.3. The minimum absolute atomic E-state index is 0.155. The van der Waals surface area contributed by atoms with Gasteiger partial charge in [-0.3, -0.25) is 0 Å². The van der Waals surface area contributed by atoms with Crippen LogP contribution in [0.15, 0.2) is 42.0 Å². The van der Waals surface area contributed by atoms with Crippen molar-refractivity contribution in [2.24, 2.45) is 0 Å². The van der Waals surface area contributed by atoms with Gasteiger partial charge >= 0.3 is 0 Å². The monoisotopic (exact) mass is 253 g/mol. The molecule has 2 aromatic heterocycles. The number of allylic oxidation sites excluding steroid dienone is 4. The largest absolute Gasteiger partial charge is 0.336 e. The van der Waals surface area contributed by atoms with Crippen molar-refractivity contribution in [3.8, 4) is 6.07 Å². The van der Waals surface area contributed by atoms with E-state index < -0.39 is 5.95 Å². The fourth-order valence-electron chi connectivity index (χ4n) is 2.53. The lowest BCUT2D eigenvalue weighted by atomic mass is 10.0. The smallest absolute Gasteiger partial charge is 0.213 e. The number of rotatable bonds is 1. The number of aryl methyl sites for hydroxylation is 1. The first-order valence-corrected chi connectivity index (χ1v) is 6.11. The molecule has 1 aliphatic rings. The average molecular weight is 253 g/mol. The summed E-state index contributed by atoms with van der Waals surface area (Å²) in [5.74, 6) is -0.463. The lowest BCUT2D eigenvalue weighted by molar-refractivity contribution is 0.586. The Labute approximate surface area is 110 Å². The number of nitrogens with zero attached hydrogens (tertiary/aromatic N) is 3. The van der Waals surface area contributed by atoms with Crippen LogP contribution in [0.3, 0.4) is 0 Å². The molecule has 3 nitrogen and oxygen atoms in total. The summed E-state index contributed by atoms with van der Waals surface area (Å²) in [6.07, 6.45) is 6.53. The van der Waals surface area contributed by atoms with Crippen molar-refractivity contribution >= 4 is 11.0 Å². The zero-order valence-corrected chi connectivity index (χ0v) is 10.5. The predicted octanol–water partition coefficient (Wildman–Crippen LogP) is 3.43. The summed E-state index contributed by atoms with van der Waals surface area (Å²) in [7, 11) is 0. The maximum Gasteiger partial charge on any atom is 0.213 e. The second kappa shape index (κ2) is 4.36. The predicted molar refractivity (Wildman–Crippen MR) is 70.9 cm³/mol. The third-order valence-electron chi connectivity index (χ3n) is 3.39. The number of halogens is 1. The Morgan fingerprint density at radius 1 is 1.47 bits per heavy atom. The number of hydrogen-bond acceptors (Lipinski definition) is 2. The number of pyridine rings is 1. The first-order chi connectivity index (χ1) is 9.19. The van der Waals surface area contributed by atoms with Crippen molar-refractivity contribution in [3.05, 3.63) is 53.6 Å². The van der Waals surface area contributed by atoms with Crippen LogP contribution in [-0.4, -0.2) is 9.55 Å². The molecule has 2 heterocycles. The van der Waals surface area contributed by atoms with E-state index >= 15 is 0 Å². The van der Waals surface area contributed by atoms with E-state index in [1.54, 1.807) is 6.07 Å². The van der Waals surface area contributed by atoms with Gasteiger partial charge in [0.15, 0.2) is 0 Å². The fourth-order valence-corrected chi connectivity index (χ4v) is 2.53. The summed E-state index contributed by atoms with van der Waals surface area (Å²) in [6.45, 7) is 1.98. The normalized spacial score (nSPS) is 18.4. The molecule has 2 aromatic rings. The topological polar surface area (TPSA) is 41.6 Å². The second-order valence-corrected chi connectivity index (χ2v) is 4.63. The second-order valence-electron chi connectivity index (χ2n) is 4.63. The Kier molecular flexibility index (Phi) is 2.68. The molecule has 0 amide bonds. The van der Waals surface area contributed by atoms with Crippen molar-refractivity contribution in [2.45, 2.75) is 19.4 Å². The van der Waals surface area contributed by atoms with Crippen LogP contribution in [0.5, 0.6) is 0 Å². The van der Waals surface area contributed by atoms with Gasteiger partial charge in [0.2, 0.25) is 5.95 Å². The standard InChI is InChI=1S/C15H12FN3/c1-10-8-13-14(6-7-15(16)18-13)19(10)12-4-2-11(9-17)3-5-12/h2-4,6-8,12H,5H2,1H3. The van der Waals surface area contributed by atoms with E-state index in [1.165, 1.54) is 6.07 Å². The van der Waals surface area contributed by atoms with Gasteiger partial charge in [-0.2, -0.15) is 9.65 Å². The van der Waals surface area contributed by atoms with E-state index in [9.17, 15) is 4.39 Å². The van der Waals surface area contributed by atoms with Crippen LogP contribution in [-0.2, 0) is 0 Å². The lowest BCUT2D eigenvalue weighted by Gasteiger charge is -2.19. The summed E-state index contributed by atoms with van der Waals surface area (Å²) in [5.41, 5.74) is 3.31. The Balaban J connectivity index is 2.07. The summed E-state index contributed by atoms with van der Waals surface area (Å²) >= 11 is 0. The van der Waals surface area contributed by atoms with E-state index in [1.807, 2.05) is 31.2 Å². The highest BCUT2D eigenvalue weighted by molar-refractivity contribution is 5.77. The molecule has 0 saturated carbocycles. The molecule has 0 saturated heterocycles. The van der Waals surface area contributed by atoms with Crippen molar-refractivity contribution in [3.63, 3.8) is 0 Å². The van der Waals surface area contributed by atoms with Crippen LogP contribution in [0.4, 0.5) is 4.39 Å². The Morgan fingerprint density at radius 3 is 3.00 bits per heavy atom. The Hall–Kier alpha value is -2.41. The number of nitriles is 1. The van der Waals surface area contributed by atoms with Gasteiger partial charge in [-0.05, 0) is 37.6 Å². The highest BCUT2D eigenvalue weighted by Gasteiger charge is 2.16. The van der Waals surface area contributed by atoms with Gasteiger partial charge in [-0.25, -0.2) is 4.98 Å². The molecule has 0 aliphatic heterocycles. The summed E-state index contributed by atoms with van der Waals surface area (Å²) in [6, 6.07) is 7.30. The van der Waals surface area contributed by atoms with Crippen LogP contribution in [0, 0.1) is 24.2 Å². The van der Waals surface area contributed by atoms with Crippen molar-refractivity contribution < 1.29 is 4.39 Å². The van der Waals surface area contributed by atoms with Gasteiger partial charge in [0.25, 0.3) is 0 Å². The molecule has 0 N–H and O–H groups in total. The van der Waals surface area contributed by atoms with Gasteiger partial charge in [-0.15, -0.1) is 0 Å². The maximum absolute atomic E-state index is 13.1.